The molecule has 0 aliphatic carbocycles. The molecule has 98 valence electrons. The summed E-state index contributed by atoms with van der Waals surface area (Å²) in [4.78, 5) is 2.41. The van der Waals surface area contributed by atoms with E-state index in [2.05, 4.69) is 58.9 Å². The predicted molar refractivity (Wildman–Crippen MR) is 79.3 cm³/mol. The van der Waals surface area contributed by atoms with E-state index >= 15 is 0 Å². The van der Waals surface area contributed by atoms with Gasteiger partial charge in [0.1, 0.15) is 0 Å². The van der Waals surface area contributed by atoms with Crippen molar-refractivity contribution in [1.82, 2.24) is 4.90 Å². The Morgan fingerprint density at radius 3 is 2.35 bits per heavy atom. The minimum absolute atomic E-state index is 0.336. The molecule has 0 rings (SSSR count). The van der Waals surface area contributed by atoms with Gasteiger partial charge in [0.25, 0.3) is 0 Å². The van der Waals surface area contributed by atoms with Crippen LogP contribution < -0.4 is 0 Å². The highest BCUT2D eigenvalue weighted by molar-refractivity contribution is 5.23. The van der Waals surface area contributed by atoms with Crippen LogP contribution in [0.5, 0.6) is 0 Å². The topological polar surface area (TPSA) is 3.24 Å². The highest BCUT2D eigenvalue weighted by atomic mass is 15.1. The van der Waals surface area contributed by atoms with Crippen molar-refractivity contribution >= 4 is 0 Å². The molecule has 0 aromatic heterocycles. The molecule has 0 saturated heterocycles. The van der Waals surface area contributed by atoms with Crippen LogP contribution in [0.1, 0.15) is 47.0 Å². The molecule has 0 aliphatic rings. The van der Waals surface area contributed by atoms with E-state index < -0.39 is 0 Å². The highest BCUT2D eigenvalue weighted by Crippen LogP contribution is 2.19. The zero-order valence-corrected chi connectivity index (χ0v) is 12.3. The summed E-state index contributed by atoms with van der Waals surface area (Å²) >= 11 is 0. The molecule has 0 aromatic carbocycles. The molecule has 1 nitrogen and oxygen atoms in total. The fourth-order valence-electron chi connectivity index (χ4n) is 1.87. The molecule has 0 aliphatic heterocycles. The van der Waals surface area contributed by atoms with Crippen molar-refractivity contribution in [3.63, 3.8) is 0 Å². The van der Waals surface area contributed by atoms with Gasteiger partial charge in [-0.05, 0) is 33.7 Å². The van der Waals surface area contributed by atoms with Crippen molar-refractivity contribution in [2.45, 2.75) is 59.0 Å². The maximum Gasteiger partial charge on any atom is 0.0493 e. The van der Waals surface area contributed by atoms with Gasteiger partial charge < -0.3 is 0 Å². The van der Waals surface area contributed by atoms with Gasteiger partial charge in [-0.1, -0.05) is 56.7 Å². The van der Waals surface area contributed by atoms with Crippen LogP contribution in [0.15, 0.2) is 36.5 Å². The van der Waals surface area contributed by atoms with Crippen LogP contribution in [0, 0.1) is 0 Å². The maximum absolute atomic E-state index is 4.25. The Hall–Kier alpha value is -0.820. The lowest BCUT2D eigenvalue weighted by Gasteiger charge is -2.32. The Balaban J connectivity index is 4.96. The van der Waals surface area contributed by atoms with Crippen LogP contribution in [-0.2, 0) is 0 Å². The monoisotopic (exact) mass is 235 g/mol. The summed E-state index contributed by atoms with van der Waals surface area (Å²) in [6.07, 6.45) is 7.60. The van der Waals surface area contributed by atoms with Crippen molar-refractivity contribution in [3.05, 3.63) is 36.5 Å². The third-order valence-corrected chi connectivity index (χ3v) is 3.46. The fraction of sp³-hybridized carbons (Fsp3) is 0.625. The van der Waals surface area contributed by atoms with Crippen LogP contribution >= 0.6 is 0 Å². The van der Waals surface area contributed by atoms with Crippen molar-refractivity contribution in [1.29, 1.82) is 0 Å². The van der Waals surface area contributed by atoms with E-state index in [1.807, 2.05) is 6.08 Å². The van der Waals surface area contributed by atoms with Gasteiger partial charge in [0.15, 0.2) is 0 Å². The average Bonchev–Trinajstić information content (AvgIpc) is 2.33. The summed E-state index contributed by atoms with van der Waals surface area (Å²) in [5, 5.41) is 0. The third-order valence-electron chi connectivity index (χ3n) is 3.46. The predicted octanol–water partition coefficient (Wildman–Crippen LogP) is 4.57. The van der Waals surface area contributed by atoms with E-state index in [1.165, 1.54) is 11.1 Å². The molecular formula is C16H29N. The highest BCUT2D eigenvalue weighted by Gasteiger charge is 2.18. The number of allylic oxidation sites excluding steroid dienone is 2. The van der Waals surface area contributed by atoms with E-state index in [9.17, 15) is 0 Å². The molecule has 0 fully saturated rings. The van der Waals surface area contributed by atoms with Gasteiger partial charge in [0, 0.05) is 12.1 Å². The second-order valence-corrected chi connectivity index (χ2v) is 4.89. The summed E-state index contributed by atoms with van der Waals surface area (Å²) in [5.41, 5.74) is 2.53. The second kappa shape index (κ2) is 8.30. The molecule has 1 heteroatoms. The molecule has 2 atom stereocenters. The lowest BCUT2D eigenvalue weighted by atomic mass is 9.98. The van der Waals surface area contributed by atoms with Crippen molar-refractivity contribution in [2.24, 2.45) is 0 Å². The smallest absolute Gasteiger partial charge is 0.0493 e. The Labute approximate surface area is 108 Å². The quantitative estimate of drug-likeness (QED) is 0.440. The Bertz CT molecular complexity index is 275. The molecule has 0 N–H and O–H groups in total. The summed E-state index contributed by atoms with van der Waals surface area (Å²) in [5.74, 6) is 0. The molecule has 0 spiro atoms. The van der Waals surface area contributed by atoms with Crippen LogP contribution in [-0.4, -0.2) is 24.0 Å². The SMILES string of the molecule is C=C/C(C)=C/C(C(=C)CCC)N(C)C(C)CC. The molecule has 0 aromatic rings. The van der Waals surface area contributed by atoms with E-state index in [4.69, 9.17) is 0 Å². The first-order valence-electron chi connectivity index (χ1n) is 6.68. The average molecular weight is 235 g/mol. The number of hydrogen-bond acceptors (Lipinski definition) is 1. The van der Waals surface area contributed by atoms with Gasteiger partial charge in [-0.15, -0.1) is 0 Å². The van der Waals surface area contributed by atoms with Crippen LogP contribution in [0.3, 0.4) is 0 Å². The normalized spacial score (nSPS) is 15.8. The zero-order valence-electron chi connectivity index (χ0n) is 12.3. The van der Waals surface area contributed by atoms with Crippen LogP contribution in [0.25, 0.3) is 0 Å². The summed E-state index contributed by atoms with van der Waals surface area (Å²) in [7, 11) is 2.19. The summed E-state index contributed by atoms with van der Waals surface area (Å²) < 4.78 is 0. The third kappa shape index (κ3) is 5.36. The Morgan fingerprint density at radius 1 is 1.35 bits per heavy atom. The van der Waals surface area contributed by atoms with Gasteiger partial charge >= 0.3 is 0 Å². The second-order valence-electron chi connectivity index (χ2n) is 4.89. The van der Waals surface area contributed by atoms with Gasteiger partial charge in [0.2, 0.25) is 0 Å². The fourth-order valence-corrected chi connectivity index (χ4v) is 1.87. The van der Waals surface area contributed by atoms with Gasteiger partial charge in [-0.2, -0.15) is 0 Å². The van der Waals surface area contributed by atoms with Gasteiger partial charge in [-0.25, -0.2) is 0 Å². The number of hydrogen-bond donors (Lipinski definition) is 0. The van der Waals surface area contributed by atoms with Crippen molar-refractivity contribution in [3.8, 4) is 0 Å². The summed E-state index contributed by atoms with van der Waals surface area (Å²) in [6, 6.07) is 0.908. The molecular weight excluding hydrogens is 206 g/mol. The number of rotatable bonds is 8. The van der Waals surface area contributed by atoms with Gasteiger partial charge in [0.05, 0.1) is 0 Å². The lowest BCUT2D eigenvalue weighted by molar-refractivity contribution is 0.228. The Morgan fingerprint density at radius 2 is 1.94 bits per heavy atom. The van der Waals surface area contributed by atoms with Gasteiger partial charge in [-0.3, -0.25) is 4.90 Å². The summed E-state index contributed by atoms with van der Waals surface area (Å²) in [6.45, 7) is 16.9. The molecule has 2 unspecified atom stereocenters. The molecule has 0 bridgehead atoms. The number of likely N-dealkylation sites (N-methyl/N-ethyl adjacent to an activating group) is 1. The van der Waals surface area contributed by atoms with E-state index in [1.54, 1.807) is 0 Å². The first-order valence-corrected chi connectivity index (χ1v) is 6.68. The van der Waals surface area contributed by atoms with Crippen LogP contribution in [0.2, 0.25) is 0 Å². The van der Waals surface area contributed by atoms with Crippen molar-refractivity contribution in [2.75, 3.05) is 7.05 Å². The van der Waals surface area contributed by atoms with E-state index in [0.29, 0.717) is 12.1 Å². The maximum atomic E-state index is 4.25. The molecule has 0 radical (unpaired) electrons. The minimum Gasteiger partial charge on any atom is -0.294 e. The molecule has 0 saturated carbocycles. The molecule has 0 amide bonds. The minimum atomic E-state index is 0.336. The standard InChI is InChI=1S/C16H29N/c1-8-11-14(5)16(12-13(4)9-2)17(7)15(6)10-3/h9,12,15-16H,2,5,8,10-11H2,1,3-4,6-7H3/b13-12+. The van der Waals surface area contributed by atoms with E-state index in [0.717, 1.165) is 19.3 Å². The largest absolute Gasteiger partial charge is 0.294 e. The zero-order chi connectivity index (χ0) is 13.4. The Kier molecular flexibility index (Phi) is 7.90. The number of nitrogens with zero attached hydrogens (tertiary/aromatic N) is 1. The molecule has 17 heavy (non-hydrogen) atoms. The van der Waals surface area contributed by atoms with Crippen LogP contribution in [0.4, 0.5) is 0 Å². The first kappa shape index (κ1) is 16.2. The van der Waals surface area contributed by atoms with E-state index in [-0.39, 0.29) is 0 Å². The first-order chi connectivity index (χ1) is 7.97. The lowest BCUT2D eigenvalue weighted by Crippen LogP contribution is -2.38. The molecule has 0 heterocycles. The van der Waals surface area contributed by atoms with Crippen molar-refractivity contribution < 1.29 is 0 Å².